The summed E-state index contributed by atoms with van der Waals surface area (Å²) in [6, 6.07) is 5.93. The minimum atomic E-state index is -3.42. The average Bonchev–Trinajstić information content (AvgIpc) is 2.60. The summed E-state index contributed by atoms with van der Waals surface area (Å²) in [6.45, 7) is 0.367. The molecule has 0 radical (unpaired) electrons. The Bertz CT molecular complexity index is 682. The van der Waals surface area contributed by atoms with Crippen LogP contribution in [0.5, 0.6) is 0 Å². The molecule has 0 unspecified atom stereocenters. The van der Waals surface area contributed by atoms with Crippen LogP contribution in [0.4, 0.5) is 10.2 Å². The van der Waals surface area contributed by atoms with Crippen LogP contribution in [0.2, 0.25) is 5.02 Å². The van der Waals surface area contributed by atoms with Gasteiger partial charge in [-0.05, 0) is 17.7 Å². The van der Waals surface area contributed by atoms with Crippen LogP contribution in [-0.2, 0) is 16.6 Å². The van der Waals surface area contributed by atoms with Crippen LogP contribution in [0.1, 0.15) is 5.56 Å². The second kappa shape index (κ2) is 5.18. The third kappa shape index (κ3) is 3.93. The van der Waals surface area contributed by atoms with E-state index in [1.54, 1.807) is 12.1 Å². The molecule has 2 aromatic rings. The number of benzene rings is 1. The molecule has 5 nitrogen and oxygen atoms in total. The molecule has 19 heavy (non-hydrogen) atoms. The Morgan fingerprint density at radius 3 is 2.58 bits per heavy atom. The SMILES string of the molecule is CS(=O)(=O)Nc1nn(Cc2ccc(F)cc2)cc1Cl. The van der Waals surface area contributed by atoms with Gasteiger partial charge in [-0.3, -0.25) is 9.40 Å². The Kier molecular flexibility index (Phi) is 3.77. The zero-order chi connectivity index (χ0) is 14.0. The first-order valence-electron chi connectivity index (χ1n) is 5.29. The minimum Gasteiger partial charge on any atom is -0.265 e. The van der Waals surface area contributed by atoms with Gasteiger partial charge in [-0.1, -0.05) is 23.7 Å². The van der Waals surface area contributed by atoms with Gasteiger partial charge in [0.25, 0.3) is 0 Å². The summed E-state index contributed by atoms with van der Waals surface area (Å²) in [6.07, 6.45) is 2.51. The van der Waals surface area contributed by atoms with Crippen molar-refractivity contribution in [3.63, 3.8) is 0 Å². The third-order valence-electron chi connectivity index (χ3n) is 2.26. The molecular weight excluding hydrogens is 293 g/mol. The number of anilines is 1. The summed E-state index contributed by atoms with van der Waals surface area (Å²) >= 11 is 5.87. The number of halogens is 2. The van der Waals surface area contributed by atoms with Crippen molar-refractivity contribution in [2.75, 3.05) is 11.0 Å². The molecule has 102 valence electrons. The summed E-state index contributed by atoms with van der Waals surface area (Å²) in [5.74, 6) is -0.243. The van der Waals surface area contributed by atoms with Gasteiger partial charge in [0, 0.05) is 6.20 Å². The first kappa shape index (κ1) is 13.8. The Balaban J connectivity index is 2.18. The fourth-order valence-corrected chi connectivity index (χ4v) is 2.26. The molecule has 8 heteroatoms. The zero-order valence-electron chi connectivity index (χ0n) is 9.97. The van der Waals surface area contributed by atoms with Gasteiger partial charge in [0.05, 0.1) is 12.8 Å². The quantitative estimate of drug-likeness (QED) is 0.940. The Morgan fingerprint density at radius 2 is 2.00 bits per heavy atom. The lowest BCUT2D eigenvalue weighted by atomic mass is 10.2. The summed E-state index contributed by atoms with van der Waals surface area (Å²) in [5.41, 5.74) is 0.825. The second-order valence-corrected chi connectivity index (χ2v) is 6.18. The predicted octanol–water partition coefficient (Wildman–Crippen LogP) is 2.10. The van der Waals surface area contributed by atoms with Crippen molar-refractivity contribution in [2.24, 2.45) is 0 Å². The maximum absolute atomic E-state index is 12.8. The van der Waals surface area contributed by atoms with Crippen molar-refractivity contribution in [2.45, 2.75) is 6.54 Å². The van der Waals surface area contributed by atoms with Gasteiger partial charge in [-0.15, -0.1) is 0 Å². The topological polar surface area (TPSA) is 64.0 Å². The molecule has 1 N–H and O–H groups in total. The molecule has 1 aromatic heterocycles. The Hall–Kier alpha value is -1.60. The lowest BCUT2D eigenvalue weighted by molar-refractivity contribution is 0.606. The van der Waals surface area contributed by atoms with Crippen LogP contribution in [0, 0.1) is 5.82 Å². The molecule has 2 rings (SSSR count). The van der Waals surface area contributed by atoms with Gasteiger partial charge >= 0.3 is 0 Å². The Morgan fingerprint density at radius 1 is 1.37 bits per heavy atom. The second-order valence-electron chi connectivity index (χ2n) is 4.02. The summed E-state index contributed by atoms with van der Waals surface area (Å²) in [7, 11) is -3.42. The van der Waals surface area contributed by atoms with Crippen molar-refractivity contribution in [1.29, 1.82) is 0 Å². The summed E-state index contributed by atoms with van der Waals surface area (Å²) in [5, 5.41) is 4.21. The molecule has 0 saturated heterocycles. The summed E-state index contributed by atoms with van der Waals surface area (Å²) in [4.78, 5) is 0. The Labute approximate surface area is 115 Å². The van der Waals surface area contributed by atoms with E-state index in [0.29, 0.717) is 6.54 Å². The number of hydrogen-bond donors (Lipinski definition) is 1. The van der Waals surface area contributed by atoms with Crippen molar-refractivity contribution in [3.05, 3.63) is 46.9 Å². The van der Waals surface area contributed by atoms with Crippen LogP contribution in [-0.4, -0.2) is 24.5 Å². The highest BCUT2D eigenvalue weighted by Gasteiger charge is 2.11. The lowest BCUT2D eigenvalue weighted by Crippen LogP contribution is -2.11. The molecule has 0 aliphatic heterocycles. The van der Waals surface area contributed by atoms with Crippen molar-refractivity contribution >= 4 is 27.4 Å². The van der Waals surface area contributed by atoms with Crippen molar-refractivity contribution in [3.8, 4) is 0 Å². The minimum absolute atomic E-state index is 0.0753. The maximum atomic E-state index is 12.8. The van der Waals surface area contributed by atoms with E-state index in [2.05, 4.69) is 9.82 Å². The molecule has 0 bridgehead atoms. The number of hydrogen-bond acceptors (Lipinski definition) is 3. The number of aromatic nitrogens is 2. The van der Waals surface area contributed by atoms with Crippen LogP contribution >= 0.6 is 11.6 Å². The van der Waals surface area contributed by atoms with E-state index in [1.807, 2.05) is 0 Å². The van der Waals surface area contributed by atoms with Gasteiger partial charge in [-0.2, -0.15) is 5.10 Å². The predicted molar refractivity (Wildman–Crippen MR) is 71.2 cm³/mol. The summed E-state index contributed by atoms with van der Waals surface area (Å²) < 4.78 is 38.6. The van der Waals surface area contributed by atoms with E-state index < -0.39 is 10.0 Å². The van der Waals surface area contributed by atoms with Gasteiger partial charge < -0.3 is 0 Å². The van der Waals surface area contributed by atoms with Crippen LogP contribution in [0.3, 0.4) is 0 Å². The smallest absolute Gasteiger partial charge is 0.231 e. The molecule has 0 amide bonds. The number of sulfonamides is 1. The van der Waals surface area contributed by atoms with Crippen molar-refractivity contribution < 1.29 is 12.8 Å². The molecule has 0 atom stereocenters. The van der Waals surface area contributed by atoms with E-state index >= 15 is 0 Å². The van der Waals surface area contributed by atoms with Gasteiger partial charge in [0.15, 0.2) is 5.82 Å². The normalized spacial score (nSPS) is 11.5. The zero-order valence-corrected chi connectivity index (χ0v) is 11.5. The first-order valence-corrected chi connectivity index (χ1v) is 7.55. The highest BCUT2D eigenvalue weighted by atomic mass is 35.5. The average molecular weight is 304 g/mol. The number of rotatable bonds is 4. The standard InChI is InChI=1S/C11H11ClFN3O2S/c1-19(17,18)15-11-10(12)7-16(14-11)6-8-2-4-9(13)5-3-8/h2-5,7H,6H2,1H3,(H,14,15). The fourth-order valence-electron chi connectivity index (χ4n) is 1.50. The fraction of sp³-hybridized carbons (Fsp3) is 0.182. The van der Waals surface area contributed by atoms with E-state index in [0.717, 1.165) is 11.8 Å². The van der Waals surface area contributed by atoms with Gasteiger partial charge in [0.1, 0.15) is 10.8 Å². The lowest BCUT2D eigenvalue weighted by Gasteiger charge is -2.02. The van der Waals surface area contributed by atoms with E-state index in [4.69, 9.17) is 11.6 Å². The maximum Gasteiger partial charge on any atom is 0.231 e. The van der Waals surface area contributed by atoms with E-state index in [-0.39, 0.29) is 16.7 Å². The monoisotopic (exact) mass is 303 g/mol. The largest absolute Gasteiger partial charge is 0.265 e. The number of nitrogens with one attached hydrogen (secondary N) is 1. The van der Waals surface area contributed by atoms with Crippen LogP contribution in [0.15, 0.2) is 30.5 Å². The number of nitrogens with zero attached hydrogens (tertiary/aromatic N) is 2. The molecular formula is C11H11ClFN3O2S. The molecule has 0 fully saturated rings. The van der Waals surface area contributed by atoms with Crippen molar-refractivity contribution in [1.82, 2.24) is 9.78 Å². The third-order valence-corrected chi connectivity index (χ3v) is 3.10. The molecule has 0 spiro atoms. The molecule has 1 heterocycles. The van der Waals surface area contributed by atoms with Gasteiger partial charge in [-0.25, -0.2) is 12.8 Å². The molecule has 0 aliphatic carbocycles. The highest BCUT2D eigenvalue weighted by Crippen LogP contribution is 2.20. The van der Waals surface area contributed by atoms with Crippen LogP contribution in [0.25, 0.3) is 0 Å². The van der Waals surface area contributed by atoms with Crippen LogP contribution < -0.4 is 4.72 Å². The van der Waals surface area contributed by atoms with E-state index in [9.17, 15) is 12.8 Å². The van der Waals surface area contributed by atoms with E-state index in [1.165, 1.54) is 23.0 Å². The highest BCUT2D eigenvalue weighted by molar-refractivity contribution is 7.92. The molecule has 0 aliphatic rings. The van der Waals surface area contributed by atoms with Gasteiger partial charge in [0.2, 0.25) is 10.0 Å². The first-order chi connectivity index (χ1) is 8.83. The molecule has 0 saturated carbocycles. The molecule has 1 aromatic carbocycles.